The van der Waals surface area contributed by atoms with E-state index in [1.165, 1.54) is 13.8 Å². The van der Waals surface area contributed by atoms with Crippen LogP contribution in [0.5, 0.6) is 0 Å². The van der Waals surface area contributed by atoms with Crippen molar-refractivity contribution in [1.29, 1.82) is 0 Å². The highest BCUT2D eigenvalue weighted by molar-refractivity contribution is 5.41. The summed E-state index contributed by atoms with van der Waals surface area (Å²) >= 11 is 0. The molecule has 18 heavy (non-hydrogen) atoms. The Kier molecular flexibility index (Phi) is 5.87. The second kappa shape index (κ2) is 6.23. The standard InChI is InChI=1S/C17H27F/c1-9-14(17(7,8)18)12-15(16(4,5)6)11-10-13(2)3/h1,11-13H,10H2,2-8H3/b14-12+,15-11+. The van der Waals surface area contributed by atoms with Crippen LogP contribution in [0.2, 0.25) is 0 Å². The minimum Gasteiger partial charge on any atom is -0.239 e. The Morgan fingerprint density at radius 1 is 1.22 bits per heavy atom. The van der Waals surface area contributed by atoms with Crippen molar-refractivity contribution in [1.82, 2.24) is 0 Å². The zero-order chi connectivity index (χ0) is 14.6. The summed E-state index contributed by atoms with van der Waals surface area (Å²) in [7, 11) is 0. The van der Waals surface area contributed by atoms with E-state index in [4.69, 9.17) is 6.42 Å². The zero-order valence-electron chi connectivity index (χ0n) is 12.9. The fourth-order valence-electron chi connectivity index (χ4n) is 1.48. The van der Waals surface area contributed by atoms with Crippen molar-refractivity contribution in [3.8, 4) is 12.3 Å². The molecule has 0 aromatic heterocycles. The van der Waals surface area contributed by atoms with Gasteiger partial charge in [-0.2, -0.15) is 0 Å². The van der Waals surface area contributed by atoms with E-state index < -0.39 is 5.67 Å². The Labute approximate surface area is 112 Å². The second-order valence-electron chi connectivity index (χ2n) is 6.71. The van der Waals surface area contributed by atoms with Gasteiger partial charge in [0.05, 0.1) is 0 Å². The summed E-state index contributed by atoms with van der Waals surface area (Å²) in [5.41, 5.74) is 0.0291. The molecule has 0 fully saturated rings. The van der Waals surface area contributed by atoms with Gasteiger partial charge in [0.1, 0.15) is 5.67 Å². The van der Waals surface area contributed by atoms with E-state index in [0.29, 0.717) is 11.5 Å². The molecule has 0 heterocycles. The van der Waals surface area contributed by atoms with Crippen molar-refractivity contribution in [2.75, 3.05) is 0 Å². The lowest BCUT2D eigenvalue weighted by Crippen LogP contribution is -2.17. The van der Waals surface area contributed by atoms with Crippen molar-refractivity contribution >= 4 is 0 Å². The number of terminal acetylenes is 1. The van der Waals surface area contributed by atoms with Crippen LogP contribution in [-0.2, 0) is 0 Å². The van der Waals surface area contributed by atoms with Gasteiger partial charge in [-0.25, -0.2) is 4.39 Å². The maximum Gasteiger partial charge on any atom is 0.138 e. The van der Waals surface area contributed by atoms with Gasteiger partial charge in [0.15, 0.2) is 0 Å². The molecule has 0 unspecified atom stereocenters. The lowest BCUT2D eigenvalue weighted by Gasteiger charge is -2.23. The highest BCUT2D eigenvalue weighted by Crippen LogP contribution is 2.31. The summed E-state index contributed by atoms with van der Waals surface area (Å²) in [6.45, 7) is 13.7. The Hall–Kier alpha value is -1.03. The smallest absolute Gasteiger partial charge is 0.138 e. The average Bonchev–Trinajstić information content (AvgIpc) is 2.13. The molecule has 0 bridgehead atoms. The minimum atomic E-state index is -1.46. The molecule has 0 aliphatic carbocycles. The van der Waals surface area contributed by atoms with Gasteiger partial charge in [-0.05, 0) is 43.3 Å². The lowest BCUT2D eigenvalue weighted by atomic mass is 9.82. The first-order valence-electron chi connectivity index (χ1n) is 6.56. The lowest BCUT2D eigenvalue weighted by molar-refractivity contribution is 0.275. The van der Waals surface area contributed by atoms with Crippen molar-refractivity contribution in [3.63, 3.8) is 0 Å². The van der Waals surface area contributed by atoms with Gasteiger partial charge in [0.2, 0.25) is 0 Å². The minimum absolute atomic E-state index is 0.0256. The third-order valence-corrected chi connectivity index (χ3v) is 2.77. The summed E-state index contributed by atoms with van der Waals surface area (Å²) in [6.07, 6.45) is 10.4. The van der Waals surface area contributed by atoms with E-state index in [1.807, 2.05) is 6.08 Å². The third kappa shape index (κ3) is 6.05. The number of alkyl halides is 1. The molecule has 0 aromatic rings. The number of hydrogen-bond acceptors (Lipinski definition) is 0. The van der Waals surface area contributed by atoms with Crippen molar-refractivity contribution in [2.24, 2.45) is 11.3 Å². The normalized spacial score (nSPS) is 14.9. The third-order valence-electron chi connectivity index (χ3n) is 2.77. The molecule has 0 nitrogen and oxygen atoms in total. The molecule has 0 N–H and O–H groups in total. The first-order valence-corrected chi connectivity index (χ1v) is 6.56. The fraction of sp³-hybridized carbons (Fsp3) is 0.647. The molecular formula is C17H27F. The van der Waals surface area contributed by atoms with Crippen LogP contribution in [0.3, 0.4) is 0 Å². The Morgan fingerprint density at radius 3 is 2.00 bits per heavy atom. The van der Waals surface area contributed by atoms with Crippen LogP contribution in [0.15, 0.2) is 23.3 Å². The Bertz CT molecular complexity index is 362. The molecule has 0 atom stereocenters. The fourth-order valence-corrected chi connectivity index (χ4v) is 1.48. The maximum atomic E-state index is 14.0. The summed E-state index contributed by atoms with van der Waals surface area (Å²) < 4.78 is 14.0. The summed E-state index contributed by atoms with van der Waals surface area (Å²) in [5.74, 6) is 3.06. The largest absolute Gasteiger partial charge is 0.239 e. The molecule has 0 aromatic carbocycles. The quantitative estimate of drug-likeness (QED) is 0.468. The summed E-state index contributed by atoms with van der Waals surface area (Å²) in [5, 5.41) is 0. The molecule has 0 spiro atoms. The van der Waals surface area contributed by atoms with E-state index >= 15 is 0 Å². The van der Waals surface area contributed by atoms with Crippen molar-refractivity contribution in [3.05, 3.63) is 23.3 Å². The van der Waals surface area contributed by atoms with E-state index in [2.05, 4.69) is 46.6 Å². The molecule has 0 saturated carbocycles. The van der Waals surface area contributed by atoms with Gasteiger partial charge < -0.3 is 0 Å². The highest BCUT2D eigenvalue weighted by Gasteiger charge is 2.23. The van der Waals surface area contributed by atoms with Crippen LogP contribution < -0.4 is 0 Å². The second-order valence-corrected chi connectivity index (χ2v) is 6.71. The number of hydrogen-bond donors (Lipinski definition) is 0. The molecule has 0 saturated heterocycles. The van der Waals surface area contributed by atoms with Gasteiger partial charge in [-0.15, -0.1) is 6.42 Å². The van der Waals surface area contributed by atoms with Gasteiger partial charge in [-0.1, -0.05) is 46.6 Å². The first-order chi connectivity index (χ1) is 7.98. The maximum absolute atomic E-state index is 14.0. The van der Waals surface area contributed by atoms with Crippen LogP contribution in [0, 0.1) is 23.7 Å². The average molecular weight is 250 g/mol. The first kappa shape index (κ1) is 17.0. The predicted molar refractivity (Wildman–Crippen MR) is 79.1 cm³/mol. The van der Waals surface area contributed by atoms with E-state index in [-0.39, 0.29) is 5.41 Å². The van der Waals surface area contributed by atoms with Crippen LogP contribution in [-0.4, -0.2) is 5.67 Å². The Morgan fingerprint density at radius 2 is 1.72 bits per heavy atom. The summed E-state index contributed by atoms with van der Waals surface area (Å²) in [4.78, 5) is 0. The van der Waals surface area contributed by atoms with E-state index in [1.54, 1.807) is 0 Å². The van der Waals surface area contributed by atoms with Crippen LogP contribution in [0.25, 0.3) is 0 Å². The zero-order valence-corrected chi connectivity index (χ0v) is 12.9. The molecule has 0 amide bonds. The molecule has 1 heteroatoms. The topological polar surface area (TPSA) is 0 Å². The van der Waals surface area contributed by atoms with Crippen molar-refractivity contribution < 1.29 is 4.39 Å². The van der Waals surface area contributed by atoms with Gasteiger partial charge in [-0.3, -0.25) is 0 Å². The molecule has 0 aliphatic heterocycles. The van der Waals surface area contributed by atoms with Gasteiger partial charge in [0, 0.05) is 5.57 Å². The van der Waals surface area contributed by atoms with E-state index in [9.17, 15) is 4.39 Å². The highest BCUT2D eigenvalue weighted by atomic mass is 19.1. The predicted octanol–water partition coefficient (Wildman–Crippen LogP) is 5.31. The van der Waals surface area contributed by atoms with Crippen molar-refractivity contribution in [2.45, 2.75) is 60.6 Å². The Balaban J connectivity index is 5.44. The molecule has 102 valence electrons. The molecular weight excluding hydrogens is 223 g/mol. The van der Waals surface area contributed by atoms with E-state index in [0.717, 1.165) is 12.0 Å². The van der Waals surface area contributed by atoms with Gasteiger partial charge >= 0.3 is 0 Å². The van der Waals surface area contributed by atoms with Gasteiger partial charge in [0.25, 0.3) is 0 Å². The summed E-state index contributed by atoms with van der Waals surface area (Å²) in [6, 6.07) is 0. The number of halogens is 1. The molecule has 0 rings (SSSR count). The van der Waals surface area contributed by atoms with Crippen LogP contribution in [0.4, 0.5) is 4.39 Å². The molecule has 0 aliphatic rings. The van der Waals surface area contributed by atoms with Crippen LogP contribution in [0.1, 0.15) is 54.9 Å². The SMILES string of the molecule is C#C/C(=C\C(=C/CC(C)C)C(C)(C)C)C(C)(C)F. The number of allylic oxidation sites excluding steroid dienone is 4. The monoisotopic (exact) mass is 250 g/mol. The molecule has 0 radical (unpaired) electrons. The van der Waals surface area contributed by atoms with Crippen LogP contribution >= 0.6 is 0 Å². The number of rotatable bonds is 4.